The molecule has 1 aromatic carbocycles. The average molecular weight is 385 g/mol. The number of hydrogen-bond acceptors (Lipinski definition) is 5. The third-order valence-corrected chi connectivity index (χ3v) is 5.04. The van der Waals surface area contributed by atoms with Crippen molar-refractivity contribution < 1.29 is 9.18 Å². The number of hydrogen-bond donors (Lipinski definition) is 0. The Hall–Kier alpha value is -2.74. The fourth-order valence-corrected chi connectivity index (χ4v) is 3.54. The first kappa shape index (κ1) is 19.0. The van der Waals surface area contributed by atoms with E-state index in [1.54, 1.807) is 37.6 Å². The number of carbonyl (C=O) groups is 1. The van der Waals surface area contributed by atoms with Crippen LogP contribution in [0.5, 0.6) is 0 Å². The van der Waals surface area contributed by atoms with Crippen LogP contribution in [0.15, 0.2) is 53.9 Å². The molecule has 0 aliphatic heterocycles. The van der Waals surface area contributed by atoms with Crippen molar-refractivity contribution in [3.8, 4) is 11.4 Å². The van der Waals surface area contributed by atoms with E-state index in [-0.39, 0.29) is 24.0 Å². The summed E-state index contributed by atoms with van der Waals surface area (Å²) in [4.78, 5) is 18.0. The molecule has 0 saturated heterocycles. The Morgan fingerprint density at radius 3 is 2.63 bits per heavy atom. The van der Waals surface area contributed by atoms with Crippen molar-refractivity contribution in [2.24, 2.45) is 0 Å². The van der Waals surface area contributed by atoms with E-state index in [1.807, 2.05) is 23.6 Å². The normalized spacial score (nSPS) is 10.8. The minimum atomic E-state index is -0.308. The third kappa shape index (κ3) is 4.51. The predicted molar refractivity (Wildman–Crippen MR) is 103 cm³/mol. The Balaban J connectivity index is 1.65. The summed E-state index contributed by atoms with van der Waals surface area (Å²) in [5.41, 5.74) is 1.42. The van der Waals surface area contributed by atoms with E-state index in [9.17, 15) is 9.18 Å². The minimum absolute atomic E-state index is 0.0978. The molecule has 2 heterocycles. The zero-order valence-corrected chi connectivity index (χ0v) is 16.0. The average Bonchev–Trinajstić information content (AvgIpc) is 3.11. The lowest BCUT2D eigenvalue weighted by molar-refractivity contribution is -0.127. The molecule has 6 nitrogen and oxygen atoms in total. The predicted octanol–water partition coefficient (Wildman–Crippen LogP) is 3.25. The smallest absolute Gasteiger partial charge is 0.233 e. The van der Waals surface area contributed by atoms with Crippen molar-refractivity contribution in [1.29, 1.82) is 0 Å². The van der Waals surface area contributed by atoms with Crippen LogP contribution >= 0.6 is 11.8 Å². The molecule has 0 bridgehead atoms. The first-order chi connectivity index (χ1) is 13.1. The van der Waals surface area contributed by atoms with E-state index in [1.165, 1.54) is 22.7 Å². The van der Waals surface area contributed by atoms with Gasteiger partial charge in [0.15, 0.2) is 11.0 Å². The summed E-state index contributed by atoms with van der Waals surface area (Å²) in [6.45, 7) is 2.92. The molecule has 0 saturated carbocycles. The highest BCUT2D eigenvalue weighted by Crippen LogP contribution is 2.23. The molecule has 1 amide bonds. The maximum absolute atomic E-state index is 13.8. The zero-order chi connectivity index (χ0) is 19.2. The van der Waals surface area contributed by atoms with Gasteiger partial charge in [0.2, 0.25) is 5.91 Å². The van der Waals surface area contributed by atoms with Gasteiger partial charge in [-0.05, 0) is 25.1 Å². The van der Waals surface area contributed by atoms with Gasteiger partial charge in [0.05, 0.1) is 5.75 Å². The summed E-state index contributed by atoms with van der Waals surface area (Å²) in [7, 11) is 1.67. The van der Waals surface area contributed by atoms with Crippen LogP contribution in [0.3, 0.4) is 0 Å². The van der Waals surface area contributed by atoms with E-state index in [2.05, 4.69) is 15.2 Å². The molecule has 27 heavy (non-hydrogen) atoms. The maximum atomic E-state index is 13.8. The SMILES string of the molecule is CCn1c(SCC(=O)N(C)Cc2ccccc2F)nnc1-c1ccncc1. The number of halogens is 1. The number of rotatable bonds is 7. The van der Waals surface area contributed by atoms with Crippen LogP contribution in [0.25, 0.3) is 11.4 Å². The van der Waals surface area contributed by atoms with Crippen molar-refractivity contribution in [3.63, 3.8) is 0 Å². The van der Waals surface area contributed by atoms with Gasteiger partial charge in [-0.1, -0.05) is 30.0 Å². The Morgan fingerprint density at radius 1 is 1.19 bits per heavy atom. The van der Waals surface area contributed by atoms with Gasteiger partial charge >= 0.3 is 0 Å². The fourth-order valence-electron chi connectivity index (χ4n) is 2.60. The molecule has 8 heteroatoms. The van der Waals surface area contributed by atoms with Gasteiger partial charge in [0.1, 0.15) is 5.82 Å². The number of nitrogens with zero attached hydrogens (tertiary/aromatic N) is 5. The number of pyridine rings is 1. The molecule has 2 aromatic heterocycles. The van der Waals surface area contributed by atoms with E-state index >= 15 is 0 Å². The van der Waals surface area contributed by atoms with Crippen LogP contribution in [0.1, 0.15) is 12.5 Å². The van der Waals surface area contributed by atoms with Crippen LogP contribution in [0.2, 0.25) is 0 Å². The van der Waals surface area contributed by atoms with Crippen molar-refractivity contribution in [2.45, 2.75) is 25.2 Å². The van der Waals surface area contributed by atoms with Crippen LogP contribution < -0.4 is 0 Å². The van der Waals surface area contributed by atoms with Gasteiger partial charge in [0.25, 0.3) is 0 Å². The highest BCUT2D eigenvalue weighted by molar-refractivity contribution is 7.99. The monoisotopic (exact) mass is 385 g/mol. The van der Waals surface area contributed by atoms with Crippen LogP contribution in [-0.2, 0) is 17.9 Å². The molecular weight excluding hydrogens is 365 g/mol. The van der Waals surface area contributed by atoms with Gasteiger partial charge in [-0.3, -0.25) is 9.78 Å². The number of thioether (sulfide) groups is 1. The molecule has 140 valence electrons. The lowest BCUT2D eigenvalue weighted by Gasteiger charge is -2.17. The number of amides is 1. The van der Waals surface area contributed by atoms with E-state index in [0.717, 1.165) is 11.4 Å². The highest BCUT2D eigenvalue weighted by Gasteiger charge is 2.17. The first-order valence-corrected chi connectivity index (χ1v) is 9.52. The summed E-state index contributed by atoms with van der Waals surface area (Å²) in [5, 5.41) is 9.14. The molecule has 0 aliphatic carbocycles. The topological polar surface area (TPSA) is 63.9 Å². The molecular formula is C19H20FN5OS. The Kier molecular flexibility index (Phi) is 6.18. The summed E-state index contributed by atoms with van der Waals surface area (Å²) >= 11 is 1.33. The standard InChI is InChI=1S/C19H20FN5OS/c1-3-25-18(14-8-10-21-11-9-14)22-23-19(25)27-13-17(26)24(2)12-15-6-4-5-7-16(15)20/h4-11H,3,12-13H2,1-2H3. The second kappa shape index (κ2) is 8.77. The van der Waals surface area contributed by atoms with Crippen molar-refractivity contribution in [1.82, 2.24) is 24.6 Å². The van der Waals surface area contributed by atoms with Gasteiger partial charge < -0.3 is 9.47 Å². The molecule has 0 radical (unpaired) electrons. The molecule has 0 spiro atoms. The Morgan fingerprint density at radius 2 is 1.93 bits per heavy atom. The van der Waals surface area contributed by atoms with Crippen molar-refractivity contribution in [3.05, 3.63) is 60.2 Å². The summed E-state index contributed by atoms with van der Waals surface area (Å²) in [6.07, 6.45) is 3.41. The minimum Gasteiger partial charge on any atom is -0.341 e. The second-order valence-corrected chi connectivity index (χ2v) is 6.86. The number of benzene rings is 1. The van der Waals surface area contributed by atoms with Crippen molar-refractivity contribution in [2.75, 3.05) is 12.8 Å². The van der Waals surface area contributed by atoms with Gasteiger partial charge in [-0.2, -0.15) is 0 Å². The van der Waals surface area contributed by atoms with Crippen LogP contribution in [0.4, 0.5) is 4.39 Å². The molecule has 0 atom stereocenters. The molecule has 3 rings (SSSR count). The summed E-state index contributed by atoms with van der Waals surface area (Å²) in [5.74, 6) is 0.547. The van der Waals surface area contributed by atoms with Crippen molar-refractivity contribution >= 4 is 17.7 Å². The van der Waals surface area contributed by atoms with Gasteiger partial charge in [-0.15, -0.1) is 10.2 Å². The molecule has 0 fully saturated rings. The van der Waals surface area contributed by atoms with E-state index in [0.29, 0.717) is 17.3 Å². The molecule has 3 aromatic rings. The lowest BCUT2D eigenvalue weighted by atomic mass is 10.2. The maximum Gasteiger partial charge on any atom is 0.233 e. The van der Waals surface area contributed by atoms with Gasteiger partial charge in [-0.25, -0.2) is 4.39 Å². The fraction of sp³-hybridized carbons (Fsp3) is 0.263. The second-order valence-electron chi connectivity index (χ2n) is 5.92. The zero-order valence-electron chi connectivity index (χ0n) is 15.2. The van der Waals surface area contributed by atoms with Crippen LogP contribution in [-0.4, -0.2) is 43.4 Å². The summed E-state index contributed by atoms with van der Waals surface area (Å²) in [6, 6.07) is 10.2. The number of carbonyl (C=O) groups excluding carboxylic acids is 1. The Labute approximate surface area is 161 Å². The molecule has 0 N–H and O–H groups in total. The quantitative estimate of drug-likeness (QED) is 0.584. The highest BCUT2D eigenvalue weighted by atomic mass is 32.2. The van der Waals surface area contributed by atoms with E-state index < -0.39 is 0 Å². The summed E-state index contributed by atoms with van der Waals surface area (Å²) < 4.78 is 15.7. The Bertz CT molecular complexity index is 915. The first-order valence-electron chi connectivity index (χ1n) is 8.54. The van der Waals surface area contributed by atoms with Crippen LogP contribution in [0, 0.1) is 5.82 Å². The lowest BCUT2D eigenvalue weighted by Crippen LogP contribution is -2.28. The van der Waals surface area contributed by atoms with E-state index in [4.69, 9.17) is 0 Å². The molecule has 0 unspecified atom stereocenters. The third-order valence-electron chi connectivity index (χ3n) is 4.09. The number of aromatic nitrogens is 4. The van der Waals surface area contributed by atoms with Gasteiger partial charge in [0, 0.05) is 43.7 Å². The molecule has 0 aliphatic rings. The largest absolute Gasteiger partial charge is 0.341 e.